The minimum atomic E-state index is -2.53. The predicted octanol–water partition coefficient (Wildman–Crippen LogP) is 1.54. The number of rotatable bonds is 2. The number of nitrogens with two attached hydrogens (primary N) is 1. The molecule has 2 rings (SSSR count). The molecule has 1 aromatic rings. The van der Waals surface area contributed by atoms with Gasteiger partial charge in [-0.2, -0.15) is 4.99 Å². The number of hydrogen-bond acceptors (Lipinski definition) is 3. The lowest BCUT2D eigenvalue weighted by atomic mass is 10.1. The Morgan fingerprint density at radius 1 is 1.31 bits per heavy atom. The Bertz CT molecular complexity index is 443. The molecule has 84 valence electrons. The summed E-state index contributed by atoms with van der Waals surface area (Å²) in [7, 11) is 0. The molecule has 0 saturated heterocycles. The van der Waals surface area contributed by atoms with Gasteiger partial charge >= 0.3 is 0 Å². The monoisotopic (exact) mass is 226 g/mol. The summed E-state index contributed by atoms with van der Waals surface area (Å²) in [6.45, 7) is 0. The maximum atomic E-state index is 12.3. The Kier molecular flexibility index (Phi) is 2.55. The number of benzene rings is 1. The van der Waals surface area contributed by atoms with Crippen LogP contribution < -0.4 is 5.73 Å². The third-order valence-corrected chi connectivity index (χ3v) is 2.17. The third-order valence-electron chi connectivity index (χ3n) is 2.17. The molecule has 6 heteroatoms. The number of ether oxygens (including phenoxy) is 1. The van der Waals surface area contributed by atoms with E-state index >= 15 is 0 Å². The highest BCUT2D eigenvalue weighted by molar-refractivity contribution is 5.98. The number of aliphatic imine (C=N–C) groups is 1. The van der Waals surface area contributed by atoms with Crippen molar-refractivity contribution in [1.29, 1.82) is 0 Å². The van der Waals surface area contributed by atoms with Crippen molar-refractivity contribution in [3.05, 3.63) is 35.4 Å². The van der Waals surface area contributed by atoms with Crippen LogP contribution in [-0.2, 0) is 9.53 Å². The van der Waals surface area contributed by atoms with Crippen molar-refractivity contribution in [2.24, 2.45) is 10.7 Å². The second kappa shape index (κ2) is 3.88. The van der Waals surface area contributed by atoms with Crippen LogP contribution in [0.2, 0.25) is 0 Å². The minimum absolute atomic E-state index is 0.108. The predicted molar refractivity (Wildman–Crippen MR) is 51.9 cm³/mol. The number of amidine groups is 1. The first-order chi connectivity index (χ1) is 7.58. The average Bonchev–Trinajstić information content (AvgIpc) is 2.58. The van der Waals surface area contributed by atoms with E-state index in [2.05, 4.69) is 4.99 Å². The van der Waals surface area contributed by atoms with Gasteiger partial charge in [0.25, 0.3) is 18.4 Å². The Hall–Kier alpha value is -1.98. The summed E-state index contributed by atoms with van der Waals surface area (Å²) in [5.41, 5.74) is 5.57. The number of amides is 1. The first-order valence-corrected chi connectivity index (χ1v) is 4.50. The number of carbonyl (C=O) groups excluding carboxylic acids is 1. The van der Waals surface area contributed by atoms with Crippen LogP contribution in [0.5, 0.6) is 0 Å². The highest BCUT2D eigenvalue weighted by Crippen LogP contribution is 2.26. The molecule has 0 spiro atoms. The minimum Gasteiger partial charge on any atom is -0.447 e. The molecule has 4 nitrogen and oxygen atoms in total. The maximum absolute atomic E-state index is 12.3. The van der Waals surface area contributed by atoms with Crippen molar-refractivity contribution in [2.45, 2.75) is 12.5 Å². The van der Waals surface area contributed by atoms with E-state index in [4.69, 9.17) is 10.5 Å². The second-order valence-corrected chi connectivity index (χ2v) is 3.25. The molecule has 16 heavy (non-hydrogen) atoms. The molecule has 1 amide bonds. The van der Waals surface area contributed by atoms with Crippen molar-refractivity contribution in [3.8, 4) is 0 Å². The third kappa shape index (κ3) is 1.86. The summed E-state index contributed by atoms with van der Waals surface area (Å²) in [6, 6.07) is 5.08. The van der Waals surface area contributed by atoms with Gasteiger partial charge in [0, 0.05) is 11.1 Å². The van der Waals surface area contributed by atoms with Crippen LogP contribution in [0.1, 0.15) is 23.7 Å². The maximum Gasteiger partial charge on any atom is 0.296 e. The van der Waals surface area contributed by atoms with E-state index in [0.717, 1.165) is 0 Å². The molecule has 0 saturated carbocycles. The van der Waals surface area contributed by atoms with Crippen LogP contribution in [-0.4, -0.2) is 11.9 Å². The quantitative estimate of drug-likeness (QED) is 0.831. The number of hydrogen-bond donors (Lipinski definition) is 1. The smallest absolute Gasteiger partial charge is 0.296 e. The van der Waals surface area contributed by atoms with Gasteiger partial charge in [0.2, 0.25) is 6.10 Å². The molecule has 0 fully saturated rings. The SMILES string of the molecule is NC1=NC(=O)C(c2ccc(C(F)F)cc2)O1. The molecule has 2 N–H and O–H groups in total. The Labute approximate surface area is 89.7 Å². The standard InChI is InChI=1S/C10H8F2N2O2/c11-8(12)6-3-1-5(2-4-6)7-9(15)14-10(13)16-7/h1-4,7-8H,(H2,13,14,15). The number of alkyl halides is 2. The van der Waals surface area contributed by atoms with Crippen molar-refractivity contribution < 1.29 is 18.3 Å². The van der Waals surface area contributed by atoms with E-state index in [1.54, 1.807) is 0 Å². The molecule has 1 atom stereocenters. The lowest BCUT2D eigenvalue weighted by Crippen LogP contribution is -2.13. The highest BCUT2D eigenvalue weighted by Gasteiger charge is 2.29. The molecular weight excluding hydrogens is 218 g/mol. The average molecular weight is 226 g/mol. The van der Waals surface area contributed by atoms with Crippen LogP contribution in [0, 0.1) is 0 Å². The molecule has 1 aromatic carbocycles. The van der Waals surface area contributed by atoms with Gasteiger partial charge in [0.05, 0.1) is 0 Å². The molecule has 0 aliphatic carbocycles. The molecule has 0 radical (unpaired) electrons. The normalized spacial score (nSPS) is 19.8. The lowest BCUT2D eigenvalue weighted by Gasteiger charge is -2.09. The second-order valence-electron chi connectivity index (χ2n) is 3.25. The van der Waals surface area contributed by atoms with Crippen molar-refractivity contribution >= 4 is 11.9 Å². The summed E-state index contributed by atoms with van der Waals surface area (Å²) < 4.78 is 29.5. The van der Waals surface area contributed by atoms with Crippen LogP contribution >= 0.6 is 0 Å². The fraction of sp³-hybridized carbons (Fsp3) is 0.200. The molecule has 1 aliphatic rings. The molecular formula is C10H8F2N2O2. The Morgan fingerprint density at radius 2 is 1.94 bits per heavy atom. The molecule has 0 bridgehead atoms. The van der Waals surface area contributed by atoms with Gasteiger partial charge in [-0.05, 0) is 0 Å². The van der Waals surface area contributed by atoms with Gasteiger partial charge in [-0.15, -0.1) is 0 Å². The van der Waals surface area contributed by atoms with Crippen molar-refractivity contribution in [2.75, 3.05) is 0 Å². The summed E-state index contributed by atoms with van der Waals surface area (Å²) >= 11 is 0. The molecule has 0 aromatic heterocycles. The van der Waals surface area contributed by atoms with E-state index in [1.165, 1.54) is 24.3 Å². The summed E-state index contributed by atoms with van der Waals surface area (Å²) in [5, 5.41) is 0. The fourth-order valence-electron chi connectivity index (χ4n) is 1.39. The van der Waals surface area contributed by atoms with Crippen molar-refractivity contribution in [3.63, 3.8) is 0 Å². The number of carbonyl (C=O) groups is 1. The Balaban J connectivity index is 2.20. The largest absolute Gasteiger partial charge is 0.447 e. The van der Waals surface area contributed by atoms with E-state index in [1.807, 2.05) is 0 Å². The van der Waals surface area contributed by atoms with Crippen LogP contribution in [0.15, 0.2) is 29.3 Å². The van der Waals surface area contributed by atoms with Crippen LogP contribution in [0.25, 0.3) is 0 Å². The Morgan fingerprint density at radius 3 is 2.38 bits per heavy atom. The zero-order valence-electron chi connectivity index (χ0n) is 8.06. The van der Waals surface area contributed by atoms with Gasteiger partial charge in [0.1, 0.15) is 0 Å². The van der Waals surface area contributed by atoms with E-state index in [9.17, 15) is 13.6 Å². The molecule has 1 heterocycles. The summed E-state index contributed by atoms with van der Waals surface area (Å²) in [4.78, 5) is 14.7. The van der Waals surface area contributed by atoms with Crippen molar-refractivity contribution in [1.82, 2.24) is 0 Å². The molecule has 1 unspecified atom stereocenters. The topological polar surface area (TPSA) is 64.7 Å². The zero-order valence-corrected chi connectivity index (χ0v) is 8.06. The number of nitrogens with zero attached hydrogens (tertiary/aromatic N) is 1. The van der Waals surface area contributed by atoms with Crippen LogP contribution in [0.4, 0.5) is 8.78 Å². The first kappa shape index (κ1) is 10.5. The van der Waals surface area contributed by atoms with E-state index in [-0.39, 0.29) is 11.6 Å². The highest BCUT2D eigenvalue weighted by atomic mass is 19.3. The summed E-state index contributed by atoms with van der Waals surface area (Å²) in [6.07, 6.45) is -3.44. The van der Waals surface area contributed by atoms with Gasteiger partial charge in [-0.3, -0.25) is 4.79 Å². The fourth-order valence-corrected chi connectivity index (χ4v) is 1.39. The van der Waals surface area contributed by atoms with Crippen LogP contribution in [0.3, 0.4) is 0 Å². The zero-order chi connectivity index (χ0) is 11.7. The van der Waals surface area contributed by atoms with Gasteiger partial charge < -0.3 is 10.5 Å². The van der Waals surface area contributed by atoms with Gasteiger partial charge in [0.15, 0.2) is 0 Å². The van der Waals surface area contributed by atoms with E-state index in [0.29, 0.717) is 5.56 Å². The van der Waals surface area contributed by atoms with Gasteiger partial charge in [-0.1, -0.05) is 24.3 Å². The number of halogens is 2. The molecule has 1 aliphatic heterocycles. The lowest BCUT2D eigenvalue weighted by molar-refractivity contribution is -0.122. The summed E-state index contributed by atoms with van der Waals surface area (Å²) in [5.74, 6) is -0.526. The van der Waals surface area contributed by atoms with Gasteiger partial charge in [-0.25, -0.2) is 8.78 Å². The first-order valence-electron chi connectivity index (χ1n) is 4.50. The van der Waals surface area contributed by atoms with E-state index < -0.39 is 18.4 Å².